The summed E-state index contributed by atoms with van der Waals surface area (Å²) in [6.07, 6.45) is 0.460. The van der Waals surface area contributed by atoms with Crippen molar-refractivity contribution in [2.75, 3.05) is 5.32 Å². The van der Waals surface area contributed by atoms with Gasteiger partial charge in [0.05, 0.1) is 4.88 Å². The molecule has 4 heteroatoms. The molecule has 0 atom stereocenters. The standard InChI is InChI=1S/C16H17NO2S/c1-11-5-6-13(12(2)10-11)17-16(19)8-7-14(18)15-4-3-9-20-15/h3-6,9-10H,7-8H2,1-2H3,(H,17,19). The van der Waals surface area contributed by atoms with Gasteiger partial charge >= 0.3 is 0 Å². The van der Waals surface area contributed by atoms with E-state index in [2.05, 4.69) is 5.32 Å². The lowest BCUT2D eigenvalue weighted by Gasteiger charge is -2.08. The van der Waals surface area contributed by atoms with Gasteiger partial charge in [-0.1, -0.05) is 23.8 Å². The highest BCUT2D eigenvalue weighted by Crippen LogP contribution is 2.17. The molecule has 1 amide bonds. The van der Waals surface area contributed by atoms with Crippen LogP contribution in [-0.2, 0) is 4.79 Å². The van der Waals surface area contributed by atoms with Gasteiger partial charge in [-0.15, -0.1) is 11.3 Å². The Bertz CT molecular complexity index is 617. The fraction of sp³-hybridized carbons (Fsp3) is 0.250. The summed E-state index contributed by atoms with van der Waals surface area (Å²) < 4.78 is 0. The molecule has 0 radical (unpaired) electrons. The van der Waals surface area contributed by atoms with E-state index in [1.807, 2.05) is 43.5 Å². The minimum atomic E-state index is -0.123. The van der Waals surface area contributed by atoms with Crippen molar-refractivity contribution in [3.63, 3.8) is 0 Å². The summed E-state index contributed by atoms with van der Waals surface area (Å²) in [5.41, 5.74) is 3.00. The van der Waals surface area contributed by atoms with Crippen LogP contribution in [0.1, 0.15) is 33.6 Å². The number of ketones is 1. The first-order valence-electron chi connectivity index (χ1n) is 6.50. The van der Waals surface area contributed by atoms with Crippen LogP contribution in [0.3, 0.4) is 0 Å². The zero-order valence-electron chi connectivity index (χ0n) is 11.6. The number of thiophene rings is 1. The van der Waals surface area contributed by atoms with Gasteiger partial charge in [-0.2, -0.15) is 0 Å². The molecule has 0 saturated carbocycles. The van der Waals surface area contributed by atoms with E-state index >= 15 is 0 Å². The Labute approximate surface area is 122 Å². The molecule has 1 N–H and O–H groups in total. The van der Waals surface area contributed by atoms with Crippen LogP contribution in [0, 0.1) is 13.8 Å². The zero-order valence-corrected chi connectivity index (χ0v) is 12.4. The summed E-state index contributed by atoms with van der Waals surface area (Å²) >= 11 is 1.41. The van der Waals surface area contributed by atoms with E-state index in [0.717, 1.165) is 16.8 Å². The van der Waals surface area contributed by atoms with E-state index < -0.39 is 0 Å². The molecule has 2 aromatic rings. The maximum absolute atomic E-state index is 11.9. The Morgan fingerprint density at radius 3 is 2.60 bits per heavy atom. The lowest BCUT2D eigenvalue weighted by atomic mass is 10.1. The Balaban J connectivity index is 1.88. The fourth-order valence-corrected chi connectivity index (χ4v) is 2.65. The number of hydrogen-bond donors (Lipinski definition) is 1. The van der Waals surface area contributed by atoms with Crippen LogP contribution < -0.4 is 5.32 Å². The molecular formula is C16H17NO2S. The number of carbonyl (C=O) groups is 2. The number of carbonyl (C=O) groups excluding carboxylic acids is 2. The number of anilines is 1. The van der Waals surface area contributed by atoms with Crippen LogP contribution >= 0.6 is 11.3 Å². The first-order chi connectivity index (χ1) is 9.56. The number of hydrogen-bond acceptors (Lipinski definition) is 3. The molecule has 0 fully saturated rings. The molecule has 0 saturated heterocycles. The fourth-order valence-electron chi connectivity index (χ4n) is 1.95. The molecule has 20 heavy (non-hydrogen) atoms. The number of amides is 1. The second-order valence-electron chi connectivity index (χ2n) is 4.77. The first-order valence-corrected chi connectivity index (χ1v) is 7.38. The number of rotatable bonds is 5. The van der Waals surface area contributed by atoms with Gasteiger partial charge in [0.15, 0.2) is 5.78 Å². The van der Waals surface area contributed by atoms with Crippen LogP contribution in [0.15, 0.2) is 35.7 Å². The summed E-state index contributed by atoms with van der Waals surface area (Å²) in [5, 5.41) is 4.71. The van der Waals surface area contributed by atoms with Crippen LogP contribution in [0.5, 0.6) is 0 Å². The summed E-state index contributed by atoms with van der Waals surface area (Å²) in [6.45, 7) is 3.97. The van der Waals surface area contributed by atoms with Crippen molar-refractivity contribution in [1.82, 2.24) is 0 Å². The van der Waals surface area contributed by atoms with Crippen molar-refractivity contribution < 1.29 is 9.59 Å². The summed E-state index contributed by atoms with van der Waals surface area (Å²) in [6, 6.07) is 9.50. The average Bonchev–Trinajstić information content (AvgIpc) is 2.93. The largest absolute Gasteiger partial charge is 0.326 e. The second-order valence-corrected chi connectivity index (χ2v) is 5.71. The second kappa shape index (κ2) is 6.48. The molecule has 0 bridgehead atoms. The van der Waals surface area contributed by atoms with Gasteiger partial charge in [0.2, 0.25) is 5.91 Å². The van der Waals surface area contributed by atoms with Gasteiger partial charge in [-0.25, -0.2) is 0 Å². The molecule has 0 aliphatic rings. The lowest BCUT2D eigenvalue weighted by Crippen LogP contribution is -2.14. The highest BCUT2D eigenvalue weighted by molar-refractivity contribution is 7.12. The van der Waals surface area contributed by atoms with E-state index in [9.17, 15) is 9.59 Å². The molecule has 2 rings (SSSR count). The van der Waals surface area contributed by atoms with Crippen LogP contribution in [0.4, 0.5) is 5.69 Å². The summed E-state index contributed by atoms with van der Waals surface area (Å²) in [5.74, 6) is -0.0994. The third-order valence-corrected chi connectivity index (χ3v) is 3.94. The molecule has 1 aromatic heterocycles. The van der Waals surface area contributed by atoms with Crippen LogP contribution in [0.25, 0.3) is 0 Å². The minimum Gasteiger partial charge on any atom is -0.326 e. The highest BCUT2D eigenvalue weighted by Gasteiger charge is 2.10. The predicted molar refractivity (Wildman–Crippen MR) is 82.4 cm³/mol. The summed E-state index contributed by atoms with van der Waals surface area (Å²) in [4.78, 5) is 24.4. The molecule has 0 unspecified atom stereocenters. The molecular weight excluding hydrogens is 270 g/mol. The van der Waals surface area contributed by atoms with Crippen molar-refractivity contribution in [3.05, 3.63) is 51.7 Å². The van der Waals surface area contributed by atoms with Crippen molar-refractivity contribution in [2.45, 2.75) is 26.7 Å². The van der Waals surface area contributed by atoms with Gasteiger partial charge in [0, 0.05) is 18.5 Å². The normalized spacial score (nSPS) is 10.3. The molecule has 3 nitrogen and oxygen atoms in total. The van der Waals surface area contributed by atoms with E-state index in [1.54, 1.807) is 6.07 Å². The zero-order chi connectivity index (χ0) is 14.5. The average molecular weight is 287 g/mol. The molecule has 1 aromatic carbocycles. The molecule has 104 valence electrons. The van der Waals surface area contributed by atoms with Gasteiger partial charge in [0.1, 0.15) is 0 Å². The Morgan fingerprint density at radius 2 is 1.95 bits per heavy atom. The molecule has 0 aliphatic heterocycles. The van der Waals surface area contributed by atoms with E-state index in [-0.39, 0.29) is 24.5 Å². The first kappa shape index (κ1) is 14.5. The number of nitrogens with one attached hydrogen (secondary N) is 1. The Hall–Kier alpha value is -1.94. The maximum Gasteiger partial charge on any atom is 0.224 e. The third-order valence-electron chi connectivity index (χ3n) is 3.03. The SMILES string of the molecule is Cc1ccc(NC(=O)CCC(=O)c2cccs2)c(C)c1. The Morgan fingerprint density at radius 1 is 1.15 bits per heavy atom. The van der Waals surface area contributed by atoms with E-state index in [1.165, 1.54) is 11.3 Å². The molecule has 0 spiro atoms. The van der Waals surface area contributed by atoms with Gasteiger partial charge < -0.3 is 5.32 Å². The predicted octanol–water partition coefficient (Wildman–Crippen LogP) is 3.97. The van der Waals surface area contributed by atoms with Crippen molar-refractivity contribution in [1.29, 1.82) is 0 Å². The van der Waals surface area contributed by atoms with Crippen molar-refractivity contribution >= 4 is 28.7 Å². The number of Topliss-reactive ketones (excluding diaryl/α,β-unsaturated/α-hetero) is 1. The quantitative estimate of drug-likeness (QED) is 0.846. The van der Waals surface area contributed by atoms with Crippen LogP contribution in [-0.4, -0.2) is 11.7 Å². The smallest absolute Gasteiger partial charge is 0.224 e. The molecule has 1 heterocycles. The summed E-state index contributed by atoms with van der Waals surface area (Å²) in [7, 11) is 0. The maximum atomic E-state index is 11.9. The van der Waals surface area contributed by atoms with Crippen LogP contribution in [0.2, 0.25) is 0 Å². The monoisotopic (exact) mass is 287 g/mol. The van der Waals surface area contributed by atoms with Gasteiger partial charge in [0.25, 0.3) is 0 Å². The highest BCUT2D eigenvalue weighted by atomic mass is 32.1. The minimum absolute atomic E-state index is 0.0239. The number of aryl methyl sites for hydroxylation is 2. The van der Waals surface area contributed by atoms with E-state index in [0.29, 0.717) is 4.88 Å². The third kappa shape index (κ3) is 3.78. The van der Waals surface area contributed by atoms with E-state index in [4.69, 9.17) is 0 Å². The number of benzene rings is 1. The van der Waals surface area contributed by atoms with Gasteiger partial charge in [-0.05, 0) is 36.9 Å². The van der Waals surface area contributed by atoms with Gasteiger partial charge in [-0.3, -0.25) is 9.59 Å². The lowest BCUT2D eigenvalue weighted by molar-refractivity contribution is -0.116. The molecule has 0 aliphatic carbocycles. The van der Waals surface area contributed by atoms with Crippen molar-refractivity contribution in [2.24, 2.45) is 0 Å². The van der Waals surface area contributed by atoms with Crippen molar-refractivity contribution in [3.8, 4) is 0 Å². The topological polar surface area (TPSA) is 46.2 Å². The Kier molecular flexibility index (Phi) is 4.69.